The highest BCUT2D eigenvalue weighted by Crippen LogP contribution is 2.34. The average Bonchev–Trinajstić information content (AvgIpc) is 2.88. The maximum atomic E-state index is 6.46. The summed E-state index contributed by atoms with van der Waals surface area (Å²) in [5, 5.41) is 8.63. The van der Waals surface area contributed by atoms with E-state index in [9.17, 15) is 0 Å². The number of aryl methyl sites for hydroxylation is 2. The predicted molar refractivity (Wildman–Crippen MR) is 86.2 cm³/mol. The third-order valence-electron chi connectivity index (χ3n) is 3.51. The molecule has 0 fully saturated rings. The molecule has 0 bridgehead atoms. The molecule has 0 saturated carbocycles. The molecule has 1 atom stereocenters. The summed E-state index contributed by atoms with van der Waals surface area (Å²) in [6.45, 7) is 7.79. The van der Waals surface area contributed by atoms with Crippen LogP contribution in [0, 0.1) is 6.92 Å². The first-order chi connectivity index (χ1) is 10.1. The third kappa shape index (κ3) is 3.22. The Bertz CT molecular complexity index is 588. The Morgan fingerprint density at radius 2 is 2.14 bits per heavy atom. The summed E-state index contributed by atoms with van der Waals surface area (Å²) in [6.07, 6.45) is 1.76. The van der Waals surface area contributed by atoms with Crippen molar-refractivity contribution in [2.24, 2.45) is 0 Å². The zero-order valence-electron chi connectivity index (χ0n) is 13.0. The van der Waals surface area contributed by atoms with Crippen LogP contribution in [0.15, 0.2) is 24.4 Å². The van der Waals surface area contributed by atoms with Gasteiger partial charge in [-0.05, 0) is 37.6 Å². The smallest absolute Gasteiger partial charge is 0.161 e. The maximum Gasteiger partial charge on any atom is 0.161 e. The lowest BCUT2D eigenvalue weighted by Crippen LogP contribution is -2.25. The van der Waals surface area contributed by atoms with E-state index < -0.39 is 0 Å². The normalized spacial score (nSPS) is 12.4. The van der Waals surface area contributed by atoms with Crippen molar-refractivity contribution < 1.29 is 4.74 Å². The van der Waals surface area contributed by atoms with Gasteiger partial charge in [-0.2, -0.15) is 5.10 Å². The van der Waals surface area contributed by atoms with Gasteiger partial charge in [0.05, 0.1) is 19.3 Å². The summed E-state index contributed by atoms with van der Waals surface area (Å²) in [7, 11) is 1.67. The van der Waals surface area contributed by atoms with E-state index in [-0.39, 0.29) is 6.04 Å². The molecule has 1 aromatic heterocycles. The second-order valence-corrected chi connectivity index (χ2v) is 5.34. The molecule has 1 heterocycles. The average molecular weight is 308 g/mol. The number of nitrogens with zero attached hydrogens (tertiary/aromatic N) is 2. The number of halogens is 1. The molecule has 2 aromatic rings. The molecule has 4 nitrogen and oxygen atoms in total. The van der Waals surface area contributed by atoms with E-state index in [0.717, 1.165) is 40.7 Å². The highest BCUT2D eigenvalue weighted by Gasteiger charge is 2.24. The zero-order chi connectivity index (χ0) is 15.4. The van der Waals surface area contributed by atoms with Gasteiger partial charge in [-0.1, -0.05) is 30.7 Å². The lowest BCUT2D eigenvalue weighted by atomic mass is 10.0. The Morgan fingerprint density at radius 3 is 2.71 bits per heavy atom. The summed E-state index contributed by atoms with van der Waals surface area (Å²) in [5.74, 6) is 0.777. The molecular weight excluding hydrogens is 286 g/mol. The number of hydrogen-bond acceptors (Lipinski definition) is 3. The Kier molecular flexibility index (Phi) is 5.26. The van der Waals surface area contributed by atoms with Gasteiger partial charge in [-0.15, -0.1) is 0 Å². The molecule has 0 amide bonds. The van der Waals surface area contributed by atoms with Crippen molar-refractivity contribution in [2.75, 3.05) is 13.7 Å². The standard InChI is InChI=1S/C16H22ClN3O/c1-5-18-15(12-8-7-11(3)9-13(12)17)16-14(21-4)10-19-20(16)6-2/h7-10,15,18H,5-6H2,1-4H3. The van der Waals surface area contributed by atoms with Crippen LogP contribution in [0.3, 0.4) is 0 Å². The first-order valence-corrected chi connectivity index (χ1v) is 7.59. The van der Waals surface area contributed by atoms with Crippen LogP contribution in [-0.2, 0) is 6.54 Å². The monoisotopic (exact) mass is 307 g/mol. The van der Waals surface area contributed by atoms with Gasteiger partial charge in [0.25, 0.3) is 0 Å². The highest BCUT2D eigenvalue weighted by atomic mass is 35.5. The molecule has 114 valence electrons. The Hall–Kier alpha value is -1.52. The van der Waals surface area contributed by atoms with Gasteiger partial charge in [-0.3, -0.25) is 4.68 Å². The van der Waals surface area contributed by atoms with E-state index in [0.29, 0.717) is 0 Å². The fourth-order valence-corrected chi connectivity index (χ4v) is 2.85. The quantitative estimate of drug-likeness (QED) is 0.886. The van der Waals surface area contributed by atoms with Crippen LogP contribution >= 0.6 is 11.6 Å². The largest absolute Gasteiger partial charge is 0.493 e. The topological polar surface area (TPSA) is 39.1 Å². The molecular formula is C16H22ClN3O. The molecule has 1 unspecified atom stereocenters. The summed E-state index contributed by atoms with van der Waals surface area (Å²) in [6, 6.07) is 6.09. The minimum Gasteiger partial charge on any atom is -0.493 e. The number of aromatic nitrogens is 2. The number of methoxy groups -OCH3 is 1. The minimum absolute atomic E-state index is 0.0412. The van der Waals surface area contributed by atoms with Crippen molar-refractivity contribution in [3.63, 3.8) is 0 Å². The SMILES string of the molecule is CCNC(c1ccc(C)cc1Cl)c1c(OC)cnn1CC. The molecule has 0 saturated heterocycles. The summed E-state index contributed by atoms with van der Waals surface area (Å²) < 4.78 is 7.42. The lowest BCUT2D eigenvalue weighted by molar-refractivity contribution is 0.399. The minimum atomic E-state index is -0.0412. The maximum absolute atomic E-state index is 6.46. The van der Waals surface area contributed by atoms with Crippen molar-refractivity contribution >= 4 is 11.6 Å². The van der Waals surface area contributed by atoms with E-state index in [1.54, 1.807) is 13.3 Å². The highest BCUT2D eigenvalue weighted by molar-refractivity contribution is 6.31. The van der Waals surface area contributed by atoms with Gasteiger partial charge in [-0.25, -0.2) is 0 Å². The lowest BCUT2D eigenvalue weighted by Gasteiger charge is -2.22. The fraction of sp³-hybridized carbons (Fsp3) is 0.438. The Balaban J connectivity index is 2.55. The number of nitrogens with one attached hydrogen (secondary N) is 1. The number of hydrogen-bond donors (Lipinski definition) is 1. The Morgan fingerprint density at radius 1 is 1.38 bits per heavy atom. The van der Waals surface area contributed by atoms with Crippen LogP contribution in [0.2, 0.25) is 5.02 Å². The van der Waals surface area contributed by atoms with Crippen molar-refractivity contribution in [2.45, 2.75) is 33.4 Å². The van der Waals surface area contributed by atoms with Gasteiger partial charge < -0.3 is 10.1 Å². The third-order valence-corrected chi connectivity index (χ3v) is 3.84. The summed E-state index contributed by atoms with van der Waals surface area (Å²) >= 11 is 6.46. The van der Waals surface area contributed by atoms with E-state index in [1.165, 1.54) is 0 Å². The van der Waals surface area contributed by atoms with Gasteiger partial charge in [0, 0.05) is 11.6 Å². The van der Waals surface area contributed by atoms with Crippen molar-refractivity contribution in [3.8, 4) is 5.75 Å². The molecule has 0 aliphatic rings. The number of benzene rings is 1. The molecule has 2 rings (SSSR count). The fourth-order valence-electron chi connectivity index (χ4n) is 2.50. The van der Waals surface area contributed by atoms with Gasteiger partial charge in [0.15, 0.2) is 5.75 Å². The van der Waals surface area contributed by atoms with Crippen LogP contribution in [0.1, 0.15) is 36.7 Å². The first-order valence-electron chi connectivity index (χ1n) is 7.21. The first kappa shape index (κ1) is 15.9. The molecule has 0 aliphatic carbocycles. The summed E-state index contributed by atoms with van der Waals surface area (Å²) in [5.41, 5.74) is 3.19. The van der Waals surface area contributed by atoms with Gasteiger partial charge >= 0.3 is 0 Å². The van der Waals surface area contributed by atoms with E-state index >= 15 is 0 Å². The van der Waals surface area contributed by atoms with Crippen LogP contribution < -0.4 is 10.1 Å². The molecule has 1 aromatic carbocycles. The van der Waals surface area contributed by atoms with E-state index in [1.807, 2.05) is 17.7 Å². The van der Waals surface area contributed by atoms with Crippen LogP contribution in [0.4, 0.5) is 0 Å². The molecule has 0 spiro atoms. The summed E-state index contributed by atoms with van der Waals surface area (Å²) in [4.78, 5) is 0. The van der Waals surface area contributed by atoms with E-state index in [4.69, 9.17) is 16.3 Å². The molecule has 0 radical (unpaired) electrons. The van der Waals surface area contributed by atoms with E-state index in [2.05, 4.69) is 36.4 Å². The second kappa shape index (κ2) is 6.96. The second-order valence-electron chi connectivity index (χ2n) is 4.93. The zero-order valence-corrected chi connectivity index (χ0v) is 13.7. The number of ether oxygens (including phenoxy) is 1. The molecule has 21 heavy (non-hydrogen) atoms. The van der Waals surface area contributed by atoms with Crippen molar-refractivity contribution in [1.29, 1.82) is 0 Å². The predicted octanol–water partition coefficient (Wildman–Crippen LogP) is 3.57. The van der Waals surface area contributed by atoms with Crippen LogP contribution in [0.25, 0.3) is 0 Å². The molecule has 0 aliphatic heterocycles. The van der Waals surface area contributed by atoms with Crippen molar-refractivity contribution in [3.05, 3.63) is 46.2 Å². The van der Waals surface area contributed by atoms with Crippen LogP contribution in [0.5, 0.6) is 5.75 Å². The van der Waals surface area contributed by atoms with Gasteiger partial charge in [0.1, 0.15) is 5.69 Å². The molecule has 1 N–H and O–H groups in total. The van der Waals surface area contributed by atoms with Crippen molar-refractivity contribution in [1.82, 2.24) is 15.1 Å². The van der Waals surface area contributed by atoms with Crippen LogP contribution in [-0.4, -0.2) is 23.4 Å². The van der Waals surface area contributed by atoms with Gasteiger partial charge in [0.2, 0.25) is 0 Å². The number of rotatable bonds is 6. The Labute approximate surface area is 131 Å². The molecule has 5 heteroatoms.